The Labute approximate surface area is 166 Å². The molecule has 20 heavy (non-hydrogen) atoms. The summed E-state index contributed by atoms with van der Waals surface area (Å²) >= 11 is 1.97. The van der Waals surface area contributed by atoms with Crippen LogP contribution in [0.3, 0.4) is 0 Å². The zero-order chi connectivity index (χ0) is 13.5. The van der Waals surface area contributed by atoms with Crippen LogP contribution in [0.15, 0.2) is 18.2 Å². The molecule has 0 radical (unpaired) electrons. The van der Waals surface area contributed by atoms with Crippen LogP contribution in [0.1, 0.15) is 12.0 Å². The van der Waals surface area contributed by atoms with Crippen molar-refractivity contribution in [1.29, 1.82) is 0 Å². The SMILES string of the molecule is F[B-](F)(F)C1(c2ccc3c(c2)OCO3)SCCCS1.[K+]. The van der Waals surface area contributed by atoms with Crippen molar-refractivity contribution >= 4 is 30.5 Å². The molecule has 0 saturated carbocycles. The van der Waals surface area contributed by atoms with E-state index in [2.05, 4.69) is 0 Å². The van der Waals surface area contributed by atoms with Gasteiger partial charge in [0.2, 0.25) is 6.79 Å². The predicted molar refractivity (Wildman–Crippen MR) is 72.9 cm³/mol. The maximum Gasteiger partial charge on any atom is 1.00 e. The van der Waals surface area contributed by atoms with Crippen molar-refractivity contribution in [2.75, 3.05) is 18.3 Å². The molecule has 0 aliphatic carbocycles. The third-order valence-electron chi connectivity index (χ3n) is 3.13. The summed E-state index contributed by atoms with van der Waals surface area (Å²) in [5, 5.41) is 0. The minimum absolute atomic E-state index is 0. The second kappa shape index (κ2) is 6.64. The first-order valence-corrected chi connectivity index (χ1v) is 7.87. The number of thioether (sulfide) groups is 2. The minimum Gasteiger partial charge on any atom is -0.454 e. The van der Waals surface area contributed by atoms with E-state index in [0.717, 1.165) is 29.9 Å². The van der Waals surface area contributed by atoms with Crippen LogP contribution >= 0.6 is 23.5 Å². The van der Waals surface area contributed by atoms with E-state index in [9.17, 15) is 12.9 Å². The van der Waals surface area contributed by atoms with Crippen molar-refractivity contribution in [2.45, 2.75) is 10.4 Å². The molecule has 0 atom stereocenters. The van der Waals surface area contributed by atoms with Crippen LogP contribution in [0, 0.1) is 0 Å². The molecule has 1 fully saturated rings. The number of halogens is 3. The molecule has 9 heteroatoms. The van der Waals surface area contributed by atoms with Crippen LogP contribution in [-0.2, 0) is 3.98 Å². The molecule has 0 unspecified atom stereocenters. The fraction of sp³-hybridized carbons (Fsp3) is 0.455. The second-order valence-electron chi connectivity index (χ2n) is 4.36. The van der Waals surface area contributed by atoms with Crippen LogP contribution in [-0.4, -0.2) is 25.3 Å². The largest absolute Gasteiger partial charge is 1.00 e. The monoisotopic (exact) mass is 346 g/mol. The zero-order valence-electron chi connectivity index (χ0n) is 10.9. The van der Waals surface area contributed by atoms with Gasteiger partial charge in [-0.25, -0.2) is 0 Å². The number of ether oxygens (including phenoxy) is 2. The molecule has 3 rings (SSSR count). The first kappa shape index (κ1) is 17.4. The number of hydrogen-bond donors (Lipinski definition) is 0. The summed E-state index contributed by atoms with van der Waals surface area (Å²) in [4.78, 5) is 0. The van der Waals surface area contributed by atoms with E-state index < -0.39 is 11.0 Å². The minimum atomic E-state index is -5.00. The molecule has 2 aliphatic heterocycles. The van der Waals surface area contributed by atoms with E-state index in [4.69, 9.17) is 9.47 Å². The molecular formula is C11H11BF3KO2S2. The fourth-order valence-electron chi connectivity index (χ4n) is 2.21. The van der Waals surface area contributed by atoms with Gasteiger partial charge in [0, 0.05) is 0 Å². The Balaban J connectivity index is 0.00000147. The summed E-state index contributed by atoms with van der Waals surface area (Å²) in [6.45, 7) is -4.92. The molecule has 0 bridgehead atoms. The number of fused-ring (bicyclic) bond motifs is 1. The normalized spacial score (nSPS) is 20.4. The molecule has 0 aromatic heterocycles. The van der Waals surface area contributed by atoms with Crippen molar-refractivity contribution in [3.8, 4) is 11.5 Å². The van der Waals surface area contributed by atoms with Gasteiger partial charge in [-0.2, -0.15) is 23.5 Å². The number of hydrogen-bond acceptors (Lipinski definition) is 4. The van der Waals surface area contributed by atoms with Gasteiger partial charge in [-0.1, -0.05) is 6.07 Å². The Morgan fingerprint density at radius 2 is 1.70 bits per heavy atom. The first-order valence-electron chi connectivity index (χ1n) is 5.90. The van der Waals surface area contributed by atoms with E-state index in [-0.39, 0.29) is 63.7 Å². The van der Waals surface area contributed by atoms with Gasteiger partial charge < -0.3 is 22.4 Å². The zero-order valence-corrected chi connectivity index (χ0v) is 15.7. The van der Waals surface area contributed by atoms with Gasteiger partial charge in [0.25, 0.3) is 0 Å². The number of rotatable bonds is 2. The average molecular weight is 346 g/mol. The molecule has 2 nitrogen and oxygen atoms in total. The molecular weight excluding hydrogens is 335 g/mol. The topological polar surface area (TPSA) is 18.5 Å². The summed E-state index contributed by atoms with van der Waals surface area (Å²) in [7, 11) is 0. The Morgan fingerprint density at radius 1 is 1.05 bits per heavy atom. The van der Waals surface area contributed by atoms with Gasteiger partial charge in [0.15, 0.2) is 11.5 Å². The van der Waals surface area contributed by atoms with E-state index in [1.807, 2.05) is 0 Å². The van der Waals surface area contributed by atoms with Gasteiger partial charge in [0.1, 0.15) is 0 Å². The van der Waals surface area contributed by atoms with Gasteiger partial charge in [-0.15, -0.1) is 0 Å². The summed E-state index contributed by atoms with van der Waals surface area (Å²) < 4.78 is 49.3. The predicted octanol–water partition coefficient (Wildman–Crippen LogP) is 0.829. The van der Waals surface area contributed by atoms with Gasteiger partial charge >= 0.3 is 58.4 Å². The van der Waals surface area contributed by atoms with Crippen LogP contribution in [0.2, 0.25) is 0 Å². The van der Waals surface area contributed by atoms with Crippen molar-refractivity contribution in [3.63, 3.8) is 0 Å². The van der Waals surface area contributed by atoms with E-state index in [1.165, 1.54) is 12.1 Å². The molecule has 0 spiro atoms. The smallest absolute Gasteiger partial charge is 0.454 e. The Bertz CT molecular complexity index is 495. The average Bonchev–Trinajstić information content (AvgIpc) is 2.85. The van der Waals surface area contributed by atoms with Gasteiger partial charge in [-0.3, -0.25) is 0 Å². The maximum absolute atomic E-state index is 13.6. The number of benzene rings is 1. The van der Waals surface area contributed by atoms with Crippen LogP contribution < -0.4 is 60.9 Å². The molecule has 2 heterocycles. The summed E-state index contributed by atoms with van der Waals surface area (Å²) in [5.41, 5.74) is 0.263. The van der Waals surface area contributed by atoms with E-state index in [0.29, 0.717) is 23.0 Å². The summed E-state index contributed by atoms with van der Waals surface area (Å²) in [6, 6.07) is 4.55. The molecule has 1 saturated heterocycles. The molecule has 2 aliphatic rings. The Hall–Kier alpha value is 1.01. The maximum atomic E-state index is 13.6. The van der Waals surface area contributed by atoms with E-state index >= 15 is 0 Å². The third kappa shape index (κ3) is 3.04. The Kier molecular flexibility index (Phi) is 5.76. The fourth-order valence-corrected chi connectivity index (χ4v) is 5.37. The summed E-state index contributed by atoms with van der Waals surface area (Å²) in [6.07, 6.45) is 0.813. The van der Waals surface area contributed by atoms with Crippen molar-refractivity contribution in [3.05, 3.63) is 23.8 Å². The van der Waals surface area contributed by atoms with E-state index in [1.54, 1.807) is 6.07 Å². The first-order chi connectivity index (χ1) is 9.03. The van der Waals surface area contributed by atoms with Crippen LogP contribution in [0.4, 0.5) is 12.9 Å². The van der Waals surface area contributed by atoms with Gasteiger partial charge in [-0.05, 0) is 35.6 Å². The molecule has 0 N–H and O–H groups in total. The quantitative estimate of drug-likeness (QED) is 0.739. The molecule has 1 aromatic carbocycles. The molecule has 104 valence electrons. The molecule has 1 aromatic rings. The van der Waals surface area contributed by atoms with Crippen LogP contribution in [0.5, 0.6) is 11.5 Å². The van der Waals surface area contributed by atoms with Crippen molar-refractivity contribution < 1.29 is 73.8 Å². The second-order valence-corrected chi connectivity index (χ2v) is 7.30. The standard InChI is InChI=1S/C11H11BF3O2S2.K/c13-12(14,15)11(18-4-1-5-19-11)8-2-3-9-10(6-8)17-7-16-9;/h2-3,6H,1,4-5,7H2;/q-1;+1. The molecule has 0 amide bonds. The van der Waals surface area contributed by atoms with Crippen molar-refractivity contribution in [2.24, 2.45) is 0 Å². The Morgan fingerprint density at radius 3 is 2.35 bits per heavy atom. The van der Waals surface area contributed by atoms with Gasteiger partial charge in [0.05, 0.1) is 3.98 Å². The summed E-state index contributed by atoms with van der Waals surface area (Å²) in [5.74, 6) is 1.98. The van der Waals surface area contributed by atoms with Crippen LogP contribution in [0.25, 0.3) is 0 Å². The third-order valence-corrected chi connectivity index (χ3v) is 6.68. The van der Waals surface area contributed by atoms with Crippen molar-refractivity contribution in [1.82, 2.24) is 0 Å².